The first-order valence-electron chi connectivity index (χ1n) is 8.53. The van der Waals surface area contributed by atoms with Gasteiger partial charge in [-0.05, 0) is 72.7 Å². The van der Waals surface area contributed by atoms with Gasteiger partial charge in [0.05, 0.1) is 5.56 Å². The predicted octanol–water partition coefficient (Wildman–Crippen LogP) is 5.64. The van der Waals surface area contributed by atoms with Crippen molar-refractivity contribution >= 4 is 0 Å². The second-order valence-corrected chi connectivity index (χ2v) is 6.44. The summed E-state index contributed by atoms with van der Waals surface area (Å²) >= 11 is 0. The molecule has 0 aromatic heterocycles. The van der Waals surface area contributed by atoms with Crippen molar-refractivity contribution in [3.63, 3.8) is 0 Å². The lowest BCUT2D eigenvalue weighted by Gasteiger charge is -2.23. The van der Waals surface area contributed by atoms with Crippen LogP contribution >= 0.6 is 0 Å². The van der Waals surface area contributed by atoms with E-state index in [1.807, 2.05) is 0 Å². The van der Waals surface area contributed by atoms with Crippen molar-refractivity contribution in [1.29, 1.82) is 0 Å². The molecule has 26 heavy (non-hydrogen) atoms. The van der Waals surface area contributed by atoms with Crippen LogP contribution in [0.25, 0.3) is 0 Å². The van der Waals surface area contributed by atoms with Crippen LogP contribution in [0.5, 0.6) is 5.75 Å². The van der Waals surface area contributed by atoms with Crippen LogP contribution in [-0.4, -0.2) is 6.36 Å². The number of aryl methyl sites for hydroxylation is 1. The molecule has 1 atom stereocenters. The van der Waals surface area contributed by atoms with Crippen LogP contribution in [0.1, 0.15) is 42.0 Å². The number of halogens is 4. The summed E-state index contributed by atoms with van der Waals surface area (Å²) in [6.45, 7) is 2.15. The van der Waals surface area contributed by atoms with Crippen molar-refractivity contribution < 1.29 is 22.3 Å². The van der Waals surface area contributed by atoms with Gasteiger partial charge in [0.1, 0.15) is 11.6 Å². The maximum Gasteiger partial charge on any atom is 0.573 e. The van der Waals surface area contributed by atoms with Crippen molar-refractivity contribution in [2.45, 2.75) is 39.0 Å². The molecule has 0 saturated carbocycles. The predicted molar refractivity (Wildman–Crippen MR) is 91.3 cm³/mol. The summed E-state index contributed by atoms with van der Waals surface area (Å²) in [6, 6.07) is 8.57. The topological polar surface area (TPSA) is 9.23 Å². The average molecular weight is 362 g/mol. The highest BCUT2D eigenvalue weighted by molar-refractivity contribution is 5.48. The molecule has 1 aliphatic rings. The molecule has 1 unspecified atom stereocenters. The Morgan fingerprint density at radius 3 is 2.46 bits per heavy atom. The first-order chi connectivity index (χ1) is 12.3. The Bertz CT molecular complexity index is 841. The van der Waals surface area contributed by atoms with Gasteiger partial charge in [0.15, 0.2) is 0 Å². The third-order valence-corrected chi connectivity index (χ3v) is 4.63. The van der Waals surface area contributed by atoms with Crippen LogP contribution in [0.4, 0.5) is 17.6 Å². The molecular weight excluding hydrogens is 344 g/mol. The van der Waals surface area contributed by atoms with Crippen LogP contribution in [-0.2, 0) is 12.8 Å². The number of hydrogen-bond donors (Lipinski definition) is 0. The van der Waals surface area contributed by atoms with E-state index in [1.165, 1.54) is 24.3 Å². The highest BCUT2D eigenvalue weighted by Crippen LogP contribution is 2.29. The third kappa shape index (κ3) is 4.57. The smallest absolute Gasteiger partial charge is 0.406 e. The van der Waals surface area contributed by atoms with Crippen LogP contribution in [0, 0.1) is 23.6 Å². The summed E-state index contributed by atoms with van der Waals surface area (Å²) in [5, 5.41) is 0. The van der Waals surface area contributed by atoms with Crippen LogP contribution in [0.2, 0.25) is 0 Å². The number of hydrogen-bond acceptors (Lipinski definition) is 1. The fourth-order valence-electron chi connectivity index (χ4n) is 3.18. The quantitative estimate of drug-likeness (QED) is 0.496. The zero-order valence-electron chi connectivity index (χ0n) is 14.3. The highest BCUT2D eigenvalue weighted by Gasteiger charge is 2.30. The van der Waals surface area contributed by atoms with E-state index in [9.17, 15) is 17.6 Å². The summed E-state index contributed by atoms with van der Waals surface area (Å²) in [7, 11) is 0. The van der Waals surface area contributed by atoms with Gasteiger partial charge in [0.25, 0.3) is 0 Å². The van der Waals surface area contributed by atoms with Crippen molar-refractivity contribution in [3.05, 3.63) is 64.5 Å². The lowest BCUT2D eigenvalue weighted by molar-refractivity contribution is -0.274. The average Bonchev–Trinajstić information content (AvgIpc) is 2.59. The van der Waals surface area contributed by atoms with E-state index >= 15 is 0 Å². The molecule has 0 fully saturated rings. The molecule has 2 aromatic carbocycles. The molecule has 0 radical (unpaired) electrons. The molecule has 0 N–H and O–H groups in total. The molecule has 1 nitrogen and oxygen atoms in total. The minimum Gasteiger partial charge on any atom is -0.406 e. The maximum absolute atomic E-state index is 14.3. The first kappa shape index (κ1) is 18.3. The third-order valence-electron chi connectivity index (χ3n) is 4.63. The van der Waals surface area contributed by atoms with E-state index in [0.29, 0.717) is 17.0 Å². The van der Waals surface area contributed by atoms with E-state index < -0.39 is 6.36 Å². The van der Waals surface area contributed by atoms with E-state index in [2.05, 4.69) is 23.5 Å². The fourth-order valence-corrected chi connectivity index (χ4v) is 3.18. The van der Waals surface area contributed by atoms with Gasteiger partial charge in [-0.1, -0.05) is 25.2 Å². The number of ether oxygens (including phenoxy) is 1. The van der Waals surface area contributed by atoms with Gasteiger partial charge in [-0.25, -0.2) is 4.39 Å². The number of rotatable bonds is 2. The first-order valence-corrected chi connectivity index (χ1v) is 8.53. The largest absolute Gasteiger partial charge is 0.573 e. The summed E-state index contributed by atoms with van der Waals surface area (Å²) in [4.78, 5) is 0. The van der Waals surface area contributed by atoms with Crippen LogP contribution in [0.15, 0.2) is 36.4 Å². The Morgan fingerprint density at radius 1 is 1.08 bits per heavy atom. The van der Waals surface area contributed by atoms with Gasteiger partial charge in [-0.2, -0.15) is 0 Å². The van der Waals surface area contributed by atoms with E-state index in [4.69, 9.17) is 0 Å². The van der Waals surface area contributed by atoms with Crippen LogP contribution in [0.3, 0.4) is 0 Å². The fraction of sp³-hybridized carbons (Fsp3) is 0.333. The van der Waals surface area contributed by atoms with Gasteiger partial charge >= 0.3 is 6.36 Å². The van der Waals surface area contributed by atoms with Gasteiger partial charge in [0.2, 0.25) is 0 Å². The Morgan fingerprint density at radius 2 is 1.81 bits per heavy atom. The molecule has 0 saturated heterocycles. The Labute approximate surface area is 150 Å². The zero-order chi connectivity index (χ0) is 18.7. The molecule has 0 amide bonds. The molecule has 0 heterocycles. The van der Waals surface area contributed by atoms with E-state index in [0.717, 1.165) is 36.8 Å². The minimum absolute atomic E-state index is 0.312. The Balaban J connectivity index is 1.78. The molecule has 0 bridgehead atoms. The molecular formula is C21H18F4O. The monoisotopic (exact) mass is 362 g/mol. The Hall–Kier alpha value is -2.48. The van der Waals surface area contributed by atoms with Crippen molar-refractivity contribution in [2.75, 3.05) is 0 Å². The van der Waals surface area contributed by atoms with Gasteiger partial charge in [-0.3, -0.25) is 0 Å². The molecule has 0 spiro atoms. The van der Waals surface area contributed by atoms with Gasteiger partial charge < -0.3 is 4.74 Å². The second-order valence-electron chi connectivity index (χ2n) is 6.44. The van der Waals surface area contributed by atoms with E-state index in [1.54, 1.807) is 12.1 Å². The van der Waals surface area contributed by atoms with Crippen molar-refractivity contribution in [2.24, 2.45) is 5.92 Å². The number of alkyl halides is 3. The molecule has 136 valence electrons. The summed E-state index contributed by atoms with van der Waals surface area (Å²) in [5.74, 6) is 5.52. The maximum atomic E-state index is 14.3. The normalized spacial score (nSPS) is 16.4. The van der Waals surface area contributed by atoms with Crippen molar-refractivity contribution in [3.8, 4) is 17.6 Å². The van der Waals surface area contributed by atoms with Gasteiger partial charge in [-0.15, -0.1) is 13.2 Å². The lowest BCUT2D eigenvalue weighted by Crippen LogP contribution is -2.16. The summed E-state index contributed by atoms with van der Waals surface area (Å²) in [6.07, 6.45) is -0.709. The lowest BCUT2D eigenvalue weighted by atomic mass is 9.82. The van der Waals surface area contributed by atoms with Crippen LogP contribution < -0.4 is 4.74 Å². The number of benzene rings is 2. The molecule has 0 aliphatic heterocycles. The molecule has 5 heteroatoms. The molecule has 1 aliphatic carbocycles. The summed E-state index contributed by atoms with van der Waals surface area (Å²) < 4.78 is 54.6. The van der Waals surface area contributed by atoms with Crippen molar-refractivity contribution in [1.82, 2.24) is 0 Å². The summed E-state index contributed by atoms with van der Waals surface area (Å²) in [5.41, 5.74) is 2.99. The zero-order valence-corrected chi connectivity index (χ0v) is 14.3. The Kier molecular flexibility index (Phi) is 5.22. The minimum atomic E-state index is -4.73. The van der Waals surface area contributed by atoms with Gasteiger partial charge in [0, 0.05) is 5.56 Å². The second kappa shape index (κ2) is 7.41. The molecule has 3 rings (SSSR count). The molecule has 2 aromatic rings. The standard InChI is InChI=1S/C21H18F4O/c1-2-14-3-7-16-12-17(20(22)13-18(16)11-14)8-4-15-5-9-19(10-6-15)26-21(23,24)25/h5-6,9-10,12-14H,2-3,7,11H2,1H3. The SMILES string of the molecule is CCC1CCc2cc(C#Cc3ccc(OC(F)(F)F)cc3)c(F)cc2C1. The van der Waals surface area contributed by atoms with E-state index in [-0.39, 0.29) is 11.6 Å². The highest BCUT2D eigenvalue weighted by atomic mass is 19.4. The number of fused-ring (bicyclic) bond motifs is 1.